The van der Waals surface area contributed by atoms with Gasteiger partial charge in [-0.15, -0.1) is 0 Å². The Morgan fingerprint density at radius 1 is 1.41 bits per heavy atom. The first-order chi connectivity index (χ1) is 8.27. The lowest BCUT2D eigenvalue weighted by molar-refractivity contribution is 0.0922. The van der Waals surface area contributed by atoms with Gasteiger partial charge in [0.15, 0.2) is 0 Å². The molecule has 17 heavy (non-hydrogen) atoms. The van der Waals surface area contributed by atoms with Crippen LogP contribution in [0.2, 0.25) is 5.02 Å². The Morgan fingerprint density at radius 3 is 2.94 bits per heavy atom. The molecule has 1 aromatic rings. The van der Waals surface area contributed by atoms with Crippen LogP contribution in [-0.4, -0.2) is 31.5 Å². The van der Waals surface area contributed by atoms with Gasteiger partial charge in [-0.2, -0.15) is 5.26 Å². The van der Waals surface area contributed by atoms with E-state index < -0.39 is 0 Å². The molecule has 4 nitrogen and oxygen atoms in total. The highest BCUT2D eigenvalue weighted by Gasteiger charge is 2.01. The third kappa shape index (κ3) is 5.05. The molecule has 1 aromatic carbocycles. The lowest BCUT2D eigenvalue weighted by Gasteiger charge is -2.08. The molecule has 0 spiro atoms. The molecule has 0 saturated carbocycles. The van der Waals surface area contributed by atoms with E-state index in [1.807, 2.05) is 0 Å². The second-order valence-electron chi connectivity index (χ2n) is 3.42. The Bertz CT molecular complexity index is 391. The Balaban J connectivity index is 2.36. The van der Waals surface area contributed by atoms with Crippen LogP contribution in [0.3, 0.4) is 0 Å². The second-order valence-corrected chi connectivity index (χ2v) is 3.85. The monoisotopic (exact) mass is 254 g/mol. The molecule has 0 saturated heterocycles. The fourth-order valence-corrected chi connectivity index (χ4v) is 1.50. The number of rotatable bonds is 7. The van der Waals surface area contributed by atoms with E-state index in [-0.39, 0.29) is 6.61 Å². The molecule has 0 fully saturated rings. The number of aliphatic hydroxyl groups excluding tert-OH is 1. The van der Waals surface area contributed by atoms with Crippen LogP contribution in [0, 0.1) is 11.3 Å². The molecule has 0 heterocycles. The number of aliphatic hydroxyl groups is 1. The smallest absolute Gasteiger partial charge is 0.101 e. The zero-order valence-electron chi connectivity index (χ0n) is 9.45. The minimum atomic E-state index is 0.0420. The van der Waals surface area contributed by atoms with Crippen molar-refractivity contribution in [3.05, 3.63) is 28.8 Å². The Labute approximate surface area is 106 Å². The summed E-state index contributed by atoms with van der Waals surface area (Å²) in [6, 6.07) is 7.21. The van der Waals surface area contributed by atoms with Gasteiger partial charge in [-0.25, -0.2) is 0 Å². The van der Waals surface area contributed by atoms with Crippen LogP contribution in [0.1, 0.15) is 12.0 Å². The fraction of sp³-hybridized carbons (Fsp3) is 0.417. The zero-order chi connectivity index (χ0) is 12.5. The summed E-state index contributed by atoms with van der Waals surface area (Å²) in [4.78, 5) is 0. The number of ether oxygens (including phenoxy) is 1. The largest absolute Gasteiger partial charge is 0.394 e. The molecule has 0 aliphatic carbocycles. The quantitative estimate of drug-likeness (QED) is 0.731. The first-order valence-corrected chi connectivity index (χ1v) is 5.78. The van der Waals surface area contributed by atoms with Gasteiger partial charge in [0.1, 0.15) is 6.07 Å². The predicted molar refractivity (Wildman–Crippen MR) is 67.2 cm³/mol. The minimum absolute atomic E-state index is 0.0420. The number of benzene rings is 1. The molecule has 0 atom stereocenters. The van der Waals surface area contributed by atoms with Crippen LogP contribution in [0.15, 0.2) is 18.2 Å². The van der Waals surface area contributed by atoms with Gasteiger partial charge in [0.2, 0.25) is 0 Å². The molecular weight excluding hydrogens is 240 g/mol. The number of nitrogens with one attached hydrogen (secondary N) is 1. The number of hydrogen-bond acceptors (Lipinski definition) is 4. The van der Waals surface area contributed by atoms with Crippen LogP contribution in [-0.2, 0) is 4.74 Å². The molecule has 5 heteroatoms. The highest BCUT2D eigenvalue weighted by atomic mass is 35.5. The molecule has 1 rings (SSSR count). The van der Waals surface area contributed by atoms with E-state index in [1.165, 1.54) is 0 Å². The standard InChI is InChI=1S/C12H15ClN2O2/c13-11-3-2-10(9-14)12(8-11)15-4-1-6-17-7-5-16/h2-3,8,15-16H,1,4-7H2. The second kappa shape index (κ2) is 7.91. The van der Waals surface area contributed by atoms with E-state index >= 15 is 0 Å². The van der Waals surface area contributed by atoms with Gasteiger partial charge in [-0.05, 0) is 24.6 Å². The summed E-state index contributed by atoms with van der Waals surface area (Å²) in [5.41, 5.74) is 1.31. The lowest BCUT2D eigenvalue weighted by atomic mass is 10.2. The average Bonchev–Trinajstić information content (AvgIpc) is 2.34. The zero-order valence-corrected chi connectivity index (χ0v) is 10.2. The molecule has 0 unspecified atom stereocenters. The van der Waals surface area contributed by atoms with Crippen LogP contribution >= 0.6 is 11.6 Å². The van der Waals surface area contributed by atoms with Gasteiger partial charge in [-0.3, -0.25) is 0 Å². The highest BCUT2D eigenvalue weighted by molar-refractivity contribution is 6.30. The molecule has 0 amide bonds. The molecular formula is C12H15ClN2O2. The number of nitriles is 1. The van der Waals surface area contributed by atoms with Gasteiger partial charge in [0.05, 0.1) is 24.5 Å². The number of nitrogens with zero attached hydrogens (tertiary/aromatic N) is 1. The summed E-state index contributed by atoms with van der Waals surface area (Å²) in [5, 5.41) is 21.1. The maximum Gasteiger partial charge on any atom is 0.101 e. The Morgan fingerprint density at radius 2 is 2.24 bits per heavy atom. The summed E-state index contributed by atoms with van der Waals surface area (Å²) in [6.07, 6.45) is 0.803. The van der Waals surface area contributed by atoms with Crippen molar-refractivity contribution >= 4 is 17.3 Å². The van der Waals surface area contributed by atoms with E-state index in [4.69, 9.17) is 26.7 Å². The topological polar surface area (TPSA) is 65.3 Å². The van der Waals surface area contributed by atoms with Crippen molar-refractivity contribution in [3.8, 4) is 6.07 Å². The maximum atomic E-state index is 8.90. The van der Waals surface area contributed by atoms with Crippen LogP contribution in [0.4, 0.5) is 5.69 Å². The summed E-state index contributed by atoms with van der Waals surface area (Å²) in [6.45, 7) is 1.68. The molecule has 0 aliphatic heterocycles. The van der Waals surface area contributed by atoms with Crippen LogP contribution in [0.5, 0.6) is 0 Å². The summed E-state index contributed by atoms with van der Waals surface area (Å²) in [7, 11) is 0. The average molecular weight is 255 g/mol. The third-order valence-electron chi connectivity index (χ3n) is 2.12. The fourth-order valence-electron chi connectivity index (χ4n) is 1.32. The molecule has 92 valence electrons. The van der Waals surface area contributed by atoms with Crippen molar-refractivity contribution in [1.29, 1.82) is 5.26 Å². The van der Waals surface area contributed by atoms with E-state index in [2.05, 4.69) is 11.4 Å². The van der Waals surface area contributed by atoms with Crippen molar-refractivity contribution in [2.24, 2.45) is 0 Å². The normalized spacial score (nSPS) is 9.94. The summed E-state index contributed by atoms with van der Waals surface area (Å²) in [5.74, 6) is 0. The Kier molecular flexibility index (Phi) is 6.41. The van der Waals surface area contributed by atoms with E-state index in [0.29, 0.717) is 30.3 Å². The van der Waals surface area contributed by atoms with E-state index in [9.17, 15) is 0 Å². The van der Waals surface area contributed by atoms with Gasteiger partial charge in [0, 0.05) is 18.2 Å². The van der Waals surface area contributed by atoms with Gasteiger partial charge >= 0.3 is 0 Å². The molecule has 0 bridgehead atoms. The predicted octanol–water partition coefficient (Wildman–Crippen LogP) is 2.02. The number of anilines is 1. The highest BCUT2D eigenvalue weighted by Crippen LogP contribution is 2.20. The minimum Gasteiger partial charge on any atom is -0.394 e. The first kappa shape index (κ1) is 13.8. The van der Waals surface area contributed by atoms with E-state index in [1.54, 1.807) is 18.2 Å². The van der Waals surface area contributed by atoms with Crippen molar-refractivity contribution in [2.75, 3.05) is 31.7 Å². The maximum absolute atomic E-state index is 8.90. The molecule has 2 N–H and O–H groups in total. The molecule has 0 aromatic heterocycles. The summed E-state index contributed by atoms with van der Waals surface area (Å²) >= 11 is 5.85. The SMILES string of the molecule is N#Cc1ccc(Cl)cc1NCCCOCCO. The van der Waals surface area contributed by atoms with Gasteiger partial charge < -0.3 is 15.2 Å². The number of halogens is 1. The third-order valence-corrected chi connectivity index (χ3v) is 2.35. The van der Waals surface area contributed by atoms with E-state index in [0.717, 1.165) is 12.1 Å². The Hall–Kier alpha value is -1.28. The number of hydrogen-bond donors (Lipinski definition) is 2. The van der Waals surface area contributed by atoms with Crippen LogP contribution < -0.4 is 5.32 Å². The van der Waals surface area contributed by atoms with Crippen molar-refractivity contribution in [2.45, 2.75) is 6.42 Å². The van der Waals surface area contributed by atoms with Crippen molar-refractivity contribution in [3.63, 3.8) is 0 Å². The first-order valence-electron chi connectivity index (χ1n) is 5.40. The van der Waals surface area contributed by atoms with Crippen LogP contribution in [0.25, 0.3) is 0 Å². The molecule has 0 radical (unpaired) electrons. The van der Waals surface area contributed by atoms with Gasteiger partial charge in [-0.1, -0.05) is 11.6 Å². The van der Waals surface area contributed by atoms with Crippen molar-refractivity contribution in [1.82, 2.24) is 0 Å². The summed E-state index contributed by atoms with van der Waals surface area (Å²) < 4.78 is 5.12. The van der Waals surface area contributed by atoms with Crippen molar-refractivity contribution < 1.29 is 9.84 Å². The lowest BCUT2D eigenvalue weighted by Crippen LogP contribution is -2.08. The van der Waals surface area contributed by atoms with Gasteiger partial charge in [0.25, 0.3) is 0 Å². The molecule has 0 aliphatic rings.